The van der Waals surface area contributed by atoms with Crippen molar-refractivity contribution in [1.29, 1.82) is 0 Å². The molecule has 2 heterocycles. The average Bonchev–Trinajstić information content (AvgIpc) is 2.97. The third-order valence-electron chi connectivity index (χ3n) is 3.56. The molecule has 0 atom stereocenters. The van der Waals surface area contributed by atoms with Crippen LogP contribution in [0.4, 0.5) is 0 Å². The highest BCUT2D eigenvalue weighted by molar-refractivity contribution is 7.89. The van der Waals surface area contributed by atoms with Crippen molar-refractivity contribution in [2.24, 2.45) is 7.05 Å². The SMILES string of the molecule is Cc1noc(C)c1S(=O)(=O)NCc1ccc2c(c1)oc(=O)n2C. The molecule has 3 rings (SSSR count). The Bertz CT molecular complexity index is 1020. The van der Waals surface area contributed by atoms with Crippen molar-refractivity contribution >= 4 is 21.1 Å². The largest absolute Gasteiger partial charge is 0.419 e. The molecule has 23 heavy (non-hydrogen) atoms. The molecule has 122 valence electrons. The van der Waals surface area contributed by atoms with Crippen molar-refractivity contribution in [3.05, 3.63) is 45.8 Å². The Kier molecular flexibility index (Phi) is 3.61. The highest BCUT2D eigenvalue weighted by Gasteiger charge is 2.23. The molecule has 0 aliphatic rings. The lowest BCUT2D eigenvalue weighted by atomic mass is 10.2. The molecule has 0 aliphatic heterocycles. The second kappa shape index (κ2) is 5.36. The molecule has 9 heteroatoms. The Morgan fingerprint density at radius 1 is 1.30 bits per heavy atom. The number of hydrogen-bond donors (Lipinski definition) is 1. The van der Waals surface area contributed by atoms with Gasteiger partial charge >= 0.3 is 5.76 Å². The molecule has 3 aromatic rings. The second-order valence-electron chi connectivity index (χ2n) is 5.21. The van der Waals surface area contributed by atoms with Gasteiger partial charge in [-0.2, -0.15) is 0 Å². The zero-order valence-electron chi connectivity index (χ0n) is 12.8. The quantitative estimate of drug-likeness (QED) is 0.767. The zero-order chi connectivity index (χ0) is 16.8. The predicted molar refractivity (Wildman–Crippen MR) is 81.5 cm³/mol. The van der Waals surface area contributed by atoms with Crippen LogP contribution in [-0.4, -0.2) is 18.1 Å². The number of nitrogens with one attached hydrogen (secondary N) is 1. The number of benzene rings is 1. The molecule has 0 amide bonds. The molecule has 8 nitrogen and oxygen atoms in total. The number of hydrogen-bond acceptors (Lipinski definition) is 6. The minimum absolute atomic E-state index is 0.0461. The van der Waals surface area contributed by atoms with Gasteiger partial charge in [0.05, 0.1) is 5.52 Å². The molecular formula is C14H15N3O5S. The first-order chi connectivity index (χ1) is 10.8. The van der Waals surface area contributed by atoms with Crippen LogP contribution in [0.15, 0.2) is 36.8 Å². The van der Waals surface area contributed by atoms with E-state index in [1.165, 1.54) is 4.57 Å². The fourth-order valence-electron chi connectivity index (χ4n) is 2.40. The maximum atomic E-state index is 12.3. The third kappa shape index (κ3) is 2.68. The van der Waals surface area contributed by atoms with Crippen LogP contribution >= 0.6 is 0 Å². The van der Waals surface area contributed by atoms with Crippen LogP contribution < -0.4 is 10.5 Å². The Morgan fingerprint density at radius 3 is 2.70 bits per heavy atom. The maximum Gasteiger partial charge on any atom is 0.419 e. The van der Waals surface area contributed by atoms with Crippen LogP contribution in [0.2, 0.25) is 0 Å². The summed E-state index contributed by atoms with van der Waals surface area (Å²) in [6, 6.07) is 5.07. The van der Waals surface area contributed by atoms with E-state index < -0.39 is 15.8 Å². The zero-order valence-corrected chi connectivity index (χ0v) is 13.6. The summed E-state index contributed by atoms with van der Waals surface area (Å²) in [6.45, 7) is 3.16. The van der Waals surface area contributed by atoms with Gasteiger partial charge in [-0.3, -0.25) is 4.57 Å². The first-order valence-electron chi connectivity index (χ1n) is 6.80. The minimum Gasteiger partial charge on any atom is -0.408 e. The summed E-state index contributed by atoms with van der Waals surface area (Å²) < 4.78 is 38.5. The van der Waals surface area contributed by atoms with Gasteiger partial charge in [0, 0.05) is 13.6 Å². The molecule has 0 unspecified atom stereocenters. The molecular weight excluding hydrogens is 322 g/mol. The van der Waals surface area contributed by atoms with Gasteiger partial charge in [-0.05, 0) is 31.5 Å². The number of rotatable bonds is 4. The smallest absolute Gasteiger partial charge is 0.408 e. The molecule has 1 N–H and O–H groups in total. The number of oxazole rings is 1. The Labute approximate surface area is 131 Å². The van der Waals surface area contributed by atoms with E-state index in [1.807, 2.05) is 0 Å². The molecule has 0 fully saturated rings. The lowest BCUT2D eigenvalue weighted by molar-refractivity contribution is 0.390. The van der Waals surface area contributed by atoms with E-state index in [0.717, 1.165) is 0 Å². The average molecular weight is 337 g/mol. The Morgan fingerprint density at radius 2 is 2.04 bits per heavy atom. The van der Waals surface area contributed by atoms with Crippen molar-refractivity contribution in [1.82, 2.24) is 14.4 Å². The van der Waals surface area contributed by atoms with Gasteiger partial charge in [0.2, 0.25) is 10.0 Å². The van der Waals surface area contributed by atoms with Crippen LogP contribution in [0.5, 0.6) is 0 Å². The normalized spacial score (nSPS) is 12.1. The van der Waals surface area contributed by atoms with Crippen molar-refractivity contribution in [3.63, 3.8) is 0 Å². The molecule has 0 spiro atoms. The summed E-state index contributed by atoms with van der Waals surface area (Å²) >= 11 is 0. The minimum atomic E-state index is -3.74. The summed E-state index contributed by atoms with van der Waals surface area (Å²) in [7, 11) is -2.13. The first-order valence-corrected chi connectivity index (χ1v) is 8.29. The van der Waals surface area contributed by atoms with Crippen LogP contribution in [0.25, 0.3) is 11.1 Å². The Balaban J connectivity index is 1.87. The molecule has 0 radical (unpaired) electrons. The van der Waals surface area contributed by atoms with Crippen LogP contribution in [0.3, 0.4) is 0 Å². The molecule has 0 bridgehead atoms. The van der Waals surface area contributed by atoms with Crippen LogP contribution in [-0.2, 0) is 23.6 Å². The second-order valence-corrected chi connectivity index (χ2v) is 6.91. The highest BCUT2D eigenvalue weighted by Crippen LogP contribution is 2.19. The highest BCUT2D eigenvalue weighted by atomic mass is 32.2. The van der Waals surface area contributed by atoms with Gasteiger partial charge < -0.3 is 8.94 Å². The fraction of sp³-hybridized carbons (Fsp3) is 0.286. The van der Waals surface area contributed by atoms with Crippen molar-refractivity contribution in [2.45, 2.75) is 25.3 Å². The Hall–Kier alpha value is -2.39. The van der Waals surface area contributed by atoms with Crippen molar-refractivity contribution in [3.8, 4) is 0 Å². The number of nitrogens with zero attached hydrogens (tertiary/aromatic N) is 2. The molecule has 1 aromatic carbocycles. The number of sulfonamides is 1. The summed E-state index contributed by atoms with van der Waals surface area (Å²) in [4.78, 5) is 11.5. The topological polar surface area (TPSA) is 107 Å². The van der Waals surface area contributed by atoms with E-state index in [-0.39, 0.29) is 17.2 Å². The molecule has 2 aromatic heterocycles. The lowest BCUT2D eigenvalue weighted by Gasteiger charge is -2.06. The van der Waals surface area contributed by atoms with Crippen molar-refractivity contribution < 1.29 is 17.4 Å². The molecule has 0 saturated carbocycles. The van der Waals surface area contributed by atoms with Crippen LogP contribution in [0, 0.1) is 13.8 Å². The number of fused-ring (bicyclic) bond motifs is 1. The summed E-state index contributed by atoms with van der Waals surface area (Å²) in [5, 5.41) is 3.64. The summed E-state index contributed by atoms with van der Waals surface area (Å²) in [6.07, 6.45) is 0. The fourth-order valence-corrected chi connectivity index (χ4v) is 3.74. The van der Waals surface area contributed by atoms with Gasteiger partial charge in [-0.15, -0.1) is 0 Å². The lowest BCUT2D eigenvalue weighted by Crippen LogP contribution is -2.24. The maximum absolute atomic E-state index is 12.3. The van der Waals surface area contributed by atoms with Gasteiger partial charge in [0.25, 0.3) is 0 Å². The van der Waals surface area contributed by atoms with Gasteiger partial charge in [-0.25, -0.2) is 17.9 Å². The predicted octanol–water partition coefficient (Wildman–Crippen LogP) is 1.21. The van der Waals surface area contributed by atoms with E-state index in [0.29, 0.717) is 22.4 Å². The molecule has 0 saturated heterocycles. The van der Waals surface area contributed by atoms with E-state index in [4.69, 9.17) is 8.94 Å². The van der Waals surface area contributed by atoms with E-state index in [1.54, 1.807) is 39.1 Å². The monoisotopic (exact) mass is 337 g/mol. The third-order valence-corrected chi connectivity index (χ3v) is 5.20. The van der Waals surface area contributed by atoms with Gasteiger partial charge in [0.1, 0.15) is 10.6 Å². The van der Waals surface area contributed by atoms with Gasteiger partial charge in [0.15, 0.2) is 11.3 Å². The van der Waals surface area contributed by atoms with Gasteiger partial charge in [-0.1, -0.05) is 11.2 Å². The van der Waals surface area contributed by atoms with E-state index in [9.17, 15) is 13.2 Å². The van der Waals surface area contributed by atoms with E-state index in [2.05, 4.69) is 9.88 Å². The molecule has 0 aliphatic carbocycles. The standard InChI is InChI=1S/C14H15N3O5S/c1-8-13(9(2)22-16-8)23(19,20)15-7-10-4-5-11-12(6-10)21-14(18)17(11)3/h4-6,15H,7H2,1-3H3. The number of aromatic nitrogens is 2. The van der Waals surface area contributed by atoms with Crippen molar-refractivity contribution in [2.75, 3.05) is 0 Å². The first kappa shape index (κ1) is 15.5. The number of aryl methyl sites for hydroxylation is 3. The summed E-state index contributed by atoms with van der Waals surface area (Å²) in [5.74, 6) is -0.229. The van der Waals surface area contributed by atoms with Crippen LogP contribution in [0.1, 0.15) is 17.0 Å². The summed E-state index contributed by atoms with van der Waals surface area (Å²) in [5.41, 5.74) is 2.03. The van der Waals surface area contributed by atoms with E-state index >= 15 is 0 Å².